The van der Waals surface area contributed by atoms with Crippen molar-refractivity contribution in [2.24, 2.45) is 0 Å². The summed E-state index contributed by atoms with van der Waals surface area (Å²) in [6.45, 7) is 0. The minimum Gasteiger partial charge on any atom is -0.223 e. The van der Waals surface area contributed by atoms with Crippen LogP contribution in [0.1, 0.15) is 0 Å². The average Bonchev–Trinajstić information content (AvgIpc) is 2.12. The summed E-state index contributed by atoms with van der Waals surface area (Å²) in [5.74, 6) is -1.73. The van der Waals surface area contributed by atoms with Crippen molar-refractivity contribution in [3.05, 3.63) is 28.2 Å². The van der Waals surface area contributed by atoms with Gasteiger partial charge in [-0.05, 0) is 28.1 Å². The van der Waals surface area contributed by atoms with Crippen LogP contribution in [0.15, 0.2) is 21.5 Å². The van der Waals surface area contributed by atoms with E-state index in [2.05, 4.69) is 19.7 Å². The smallest absolute Gasteiger partial charge is 0.206 e. The van der Waals surface area contributed by atoms with Crippen LogP contribution in [-0.2, 0) is 14.8 Å². The van der Waals surface area contributed by atoms with Gasteiger partial charge >= 0.3 is 0 Å². The van der Waals surface area contributed by atoms with Gasteiger partial charge in [0.25, 0.3) is 0 Å². The monoisotopic (exact) mass is 290 g/mol. The van der Waals surface area contributed by atoms with Gasteiger partial charge in [0.05, 0.1) is 21.2 Å². The third-order valence-electron chi connectivity index (χ3n) is 1.21. The number of benzene rings is 1. The molecule has 0 saturated carbocycles. The predicted molar refractivity (Wildman–Crippen MR) is 47.4 cm³/mol. The summed E-state index contributed by atoms with van der Waals surface area (Å²) >= 11 is 5.38. The molecule has 1 aromatic rings. The van der Waals surface area contributed by atoms with Crippen molar-refractivity contribution in [2.45, 2.75) is 4.90 Å². The first-order valence-corrected chi connectivity index (χ1v) is 5.09. The van der Waals surface area contributed by atoms with E-state index >= 15 is 0 Å². The highest BCUT2D eigenvalue weighted by Crippen LogP contribution is 2.23. The summed E-state index contributed by atoms with van der Waals surface area (Å²) < 4.78 is 40.0. The normalized spacial score (nSPS) is 12.9. The molecule has 0 aliphatic carbocycles. The standard InChI is InChI=1S/C6H2BrClF2O2S/c7-6-4(9)1-3(2-5(6)10)13(11)12-8/h1-2H. The summed E-state index contributed by atoms with van der Waals surface area (Å²) in [7, 11) is 0. The van der Waals surface area contributed by atoms with Crippen molar-refractivity contribution >= 4 is 38.9 Å². The molecule has 1 rings (SSSR count). The quantitative estimate of drug-likeness (QED) is 0.783. The topological polar surface area (TPSA) is 26.3 Å². The summed E-state index contributed by atoms with van der Waals surface area (Å²) in [5, 5.41) is 0. The fourth-order valence-corrected chi connectivity index (χ4v) is 1.58. The average molecular weight is 292 g/mol. The third-order valence-corrected chi connectivity index (χ3v) is 3.04. The van der Waals surface area contributed by atoms with Crippen LogP contribution in [0.25, 0.3) is 0 Å². The maximum atomic E-state index is 12.8. The Morgan fingerprint density at radius 3 is 2.23 bits per heavy atom. The lowest BCUT2D eigenvalue weighted by molar-refractivity contribution is 0.558. The Labute approximate surface area is 88.8 Å². The van der Waals surface area contributed by atoms with Crippen LogP contribution in [-0.4, -0.2) is 4.21 Å². The van der Waals surface area contributed by atoms with Gasteiger partial charge in [-0.2, -0.15) is 3.74 Å². The molecule has 13 heavy (non-hydrogen) atoms. The van der Waals surface area contributed by atoms with Crippen LogP contribution in [0.2, 0.25) is 0 Å². The largest absolute Gasteiger partial charge is 0.223 e. The van der Waals surface area contributed by atoms with Gasteiger partial charge in [-0.1, -0.05) is 0 Å². The Bertz CT molecular complexity index is 337. The highest BCUT2D eigenvalue weighted by molar-refractivity contribution is 9.10. The Morgan fingerprint density at radius 2 is 1.85 bits per heavy atom. The summed E-state index contributed by atoms with van der Waals surface area (Å²) in [6, 6.07) is 1.73. The molecule has 0 aromatic heterocycles. The molecule has 0 fully saturated rings. The summed E-state index contributed by atoms with van der Waals surface area (Å²) in [5.41, 5.74) is 0. The van der Waals surface area contributed by atoms with E-state index < -0.39 is 22.7 Å². The van der Waals surface area contributed by atoms with Crippen molar-refractivity contribution < 1.29 is 16.7 Å². The third kappa shape index (κ3) is 2.46. The van der Waals surface area contributed by atoms with Crippen LogP contribution >= 0.6 is 27.8 Å². The van der Waals surface area contributed by atoms with E-state index in [4.69, 9.17) is 11.9 Å². The van der Waals surface area contributed by atoms with Crippen LogP contribution in [0.5, 0.6) is 0 Å². The first kappa shape index (κ1) is 11.0. The number of halogens is 4. The van der Waals surface area contributed by atoms with E-state index in [1.54, 1.807) is 0 Å². The second-order valence-corrected chi connectivity index (χ2v) is 4.24. The van der Waals surface area contributed by atoms with E-state index in [1.165, 1.54) is 0 Å². The number of hydrogen-bond donors (Lipinski definition) is 0. The van der Waals surface area contributed by atoms with Crippen LogP contribution in [0.3, 0.4) is 0 Å². The molecule has 0 bridgehead atoms. The van der Waals surface area contributed by atoms with Gasteiger partial charge in [0.1, 0.15) is 11.6 Å². The molecule has 0 radical (unpaired) electrons. The fourth-order valence-electron chi connectivity index (χ4n) is 0.665. The maximum Gasteiger partial charge on any atom is 0.206 e. The Hall–Kier alpha value is -0.0400. The van der Waals surface area contributed by atoms with E-state index in [1.807, 2.05) is 0 Å². The van der Waals surface area contributed by atoms with Gasteiger partial charge in [-0.3, -0.25) is 0 Å². The van der Waals surface area contributed by atoms with Crippen LogP contribution in [0.4, 0.5) is 8.78 Å². The zero-order chi connectivity index (χ0) is 10.0. The van der Waals surface area contributed by atoms with Crippen molar-refractivity contribution in [3.63, 3.8) is 0 Å². The van der Waals surface area contributed by atoms with E-state index in [-0.39, 0.29) is 9.37 Å². The van der Waals surface area contributed by atoms with Gasteiger partial charge < -0.3 is 0 Å². The lowest BCUT2D eigenvalue weighted by Gasteiger charge is -2.00. The minimum atomic E-state index is -2.05. The molecular weight excluding hydrogens is 289 g/mol. The first-order valence-electron chi connectivity index (χ1n) is 2.91. The van der Waals surface area contributed by atoms with E-state index in [0.29, 0.717) is 0 Å². The molecule has 0 N–H and O–H groups in total. The Morgan fingerprint density at radius 1 is 1.38 bits per heavy atom. The molecule has 0 heterocycles. The van der Waals surface area contributed by atoms with Gasteiger partial charge in [0.2, 0.25) is 11.1 Å². The SMILES string of the molecule is O=S(OCl)c1cc(F)c(Br)c(F)c1. The second-order valence-electron chi connectivity index (χ2n) is 2.00. The predicted octanol–water partition coefficient (Wildman–Crippen LogP) is 2.92. The molecule has 0 amide bonds. The summed E-state index contributed by atoms with van der Waals surface area (Å²) in [4.78, 5) is -0.173. The molecule has 0 aliphatic rings. The maximum absolute atomic E-state index is 12.8. The zero-order valence-electron chi connectivity index (χ0n) is 5.89. The lowest BCUT2D eigenvalue weighted by atomic mass is 10.3. The summed E-state index contributed by atoms with van der Waals surface area (Å²) in [6.07, 6.45) is 0. The highest BCUT2D eigenvalue weighted by atomic mass is 79.9. The van der Waals surface area contributed by atoms with Crippen molar-refractivity contribution in [1.29, 1.82) is 0 Å². The number of hydrogen-bond acceptors (Lipinski definition) is 2. The Balaban J connectivity index is 3.20. The molecular formula is C6H2BrClF2O2S. The van der Waals surface area contributed by atoms with Crippen molar-refractivity contribution in [3.8, 4) is 0 Å². The molecule has 1 unspecified atom stereocenters. The molecule has 1 atom stereocenters. The second kappa shape index (κ2) is 4.45. The van der Waals surface area contributed by atoms with E-state index in [9.17, 15) is 13.0 Å². The first-order chi connectivity index (χ1) is 6.06. The number of rotatable bonds is 2. The van der Waals surface area contributed by atoms with Crippen LogP contribution < -0.4 is 0 Å². The molecule has 0 saturated heterocycles. The molecule has 1 aromatic carbocycles. The zero-order valence-corrected chi connectivity index (χ0v) is 9.05. The van der Waals surface area contributed by atoms with Crippen molar-refractivity contribution in [1.82, 2.24) is 0 Å². The molecule has 72 valence electrons. The van der Waals surface area contributed by atoms with Gasteiger partial charge in [0, 0.05) is 0 Å². The molecule has 7 heteroatoms. The van der Waals surface area contributed by atoms with Gasteiger partial charge in [0.15, 0.2) is 0 Å². The van der Waals surface area contributed by atoms with Crippen LogP contribution in [0, 0.1) is 11.6 Å². The molecule has 0 spiro atoms. The highest BCUT2D eigenvalue weighted by Gasteiger charge is 2.12. The fraction of sp³-hybridized carbons (Fsp3) is 0. The Kier molecular flexibility index (Phi) is 3.78. The molecule has 2 nitrogen and oxygen atoms in total. The minimum absolute atomic E-state index is 0.173. The van der Waals surface area contributed by atoms with Crippen molar-refractivity contribution in [2.75, 3.05) is 0 Å². The molecule has 0 aliphatic heterocycles. The van der Waals surface area contributed by atoms with Gasteiger partial charge in [-0.25, -0.2) is 13.0 Å². The lowest BCUT2D eigenvalue weighted by Crippen LogP contribution is -1.94. The van der Waals surface area contributed by atoms with Gasteiger partial charge in [-0.15, -0.1) is 0 Å². The van der Waals surface area contributed by atoms with E-state index in [0.717, 1.165) is 12.1 Å².